The SMILES string of the molecule is CCN1CCN(CC(C)CNC(=NC)N2CCC3(CCCCC3)C2)CC1. The first-order chi connectivity index (χ1) is 12.6. The summed E-state index contributed by atoms with van der Waals surface area (Å²) < 4.78 is 0. The Kier molecular flexibility index (Phi) is 7.21. The molecule has 26 heavy (non-hydrogen) atoms. The maximum atomic E-state index is 4.60. The van der Waals surface area contributed by atoms with E-state index in [1.54, 1.807) is 0 Å². The van der Waals surface area contributed by atoms with Crippen molar-refractivity contribution in [3.63, 3.8) is 0 Å². The van der Waals surface area contributed by atoms with Crippen LogP contribution >= 0.6 is 0 Å². The Hall–Kier alpha value is -0.810. The summed E-state index contributed by atoms with van der Waals surface area (Å²) in [5.74, 6) is 1.79. The zero-order valence-electron chi connectivity index (χ0n) is 17.5. The Morgan fingerprint density at radius 2 is 1.69 bits per heavy atom. The van der Waals surface area contributed by atoms with E-state index in [9.17, 15) is 0 Å². The van der Waals surface area contributed by atoms with Crippen LogP contribution in [0.5, 0.6) is 0 Å². The lowest BCUT2D eigenvalue weighted by molar-refractivity contribution is 0.124. The van der Waals surface area contributed by atoms with Crippen LogP contribution < -0.4 is 5.32 Å². The van der Waals surface area contributed by atoms with Crippen molar-refractivity contribution in [2.24, 2.45) is 16.3 Å². The van der Waals surface area contributed by atoms with E-state index >= 15 is 0 Å². The highest BCUT2D eigenvalue weighted by Crippen LogP contribution is 2.43. The van der Waals surface area contributed by atoms with Gasteiger partial charge in [-0.15, -0.1) is 0 Å². The van der Waals surface area contributed by atoms with Crippen LogP contribution in [0.1, 0.15) is 52.4 Å². The lowest BCUT2D eigenvalue weighted by Crippen LogP contribution is -2.49. The monoisotopic (exact) mass is 363 g/mol. The molecule has 0 aromatic carbocycles. The fourth-order valence-electron chi connectivity index (χ4n) is 5.22. The van der Waals surface area contributed by atoms with Crippen molar-refractivity contribution in [2.75, 3.05) is 66.0 Å². The van der Waals surface area contributed by atoms with Gasteiger partial charge in [0.05, 0.1) is 0 Å². The number of hydrogen-bond donors (Lipinski definition) is 1. The van der Waals surface area contributed by atoms with Crippen LogP contribution in [0.2, 0.25) is 0 Å². The van der Waals surface area contributed by atoms with Crippen LogP contribution in [0, 0.1) is 11.3 Å². The molecule has 150 valence electrons. The molecule has 0 aromatic heterocycles. The Balaban J connectivity index is 1.40. The smallest absolute Gasteiger partial charge is 0.193 e. The normalized spacial score (nSPS) is 26.4. The average Bonchev–Trinajstić information content (AvgIpc) is 3.06. The van der Waals surface area contributed by atoms with Gasteiger partial charge in [-0.05, 0) is 37.1 Å². The van der Waals surface area contributed by atoms with Crippen LogP contribution in [0.4, 0.5) is 0 Å². The van der Waals surface area contributed by atoms with Gasteiger partial charge in [0.15, 0.2) is 5.96 Å². The van der Waals surface area contributed by atoms with Gasteiger partial charge in [-0.2, -0.15) is 0 Å². The van der Waals surface area contributed by atoms with Crippen molar-refractivity contribution >= 4 is 5.96 Å². The van der Waals surface area contributed by atoms with Crippen molar-refractivity contribution in [1.29, 1.82) is 0 Å². The molecule has 5 nitrogen and oxygen atoms in total. The highest BCUT2D eigenvalue weighted by molar-refractivity contribution is 5.80. The number of guanidine groups is 1. The summed E-state index contributed by atoms with van der Waals surface area (Å²) in [6, 6.07) is 0. The highest BCUT2D eigenvalue weighted by Gasteiger charge is 2.39. The molecule has 2 heterocycles. The molecule has 1 saturated carbocycles. The second kappa shape index (κ2) is 9.41. The molecule has 2 aliphatic heterocycles. The first kappa shape index (κ1) is 19.9. The Bertz CT molecular complexity index is 449. The highest BCUT2D eigenvalue weighted by atomic mass is 15.3. The Morgan fingerprint density at radius 3 is 2.35 bits per heavy atom. The van der Waals surface area contributed by atoms with Crippen LogP contribution in [0.25, 0.3) is 0 Å². The number of aliphatic imine (C=N–C) groups is 1. The molecular weight excluding hydrogens is 322 g/mol. The van der Waals surface area contributed by atoms with E-state index in [0.717, 1.165) is 12.5 Å². The van der Waals surface area contributed by atoms with Gasteiger partial charge >= 0.3 is 0 Å². The summed E-state index contributed by atoms with van der Waals surface area (Å²) in [5, 5.41) is 3.68. The lowest BCUT2D eigenvalue weighted by atomic mass is 9.73. The minimum atomic E-state index is 0.598. The van der Waals surface area contributed by atoms with Gasteiger partial charge in [0.2, 0.25) is 0 Å². The standard InChI is InChI=1S/C21H41N5/c1-4-24-12-14-25(15-13-24)17-19(2)16-23-20(22-3)26-11-10-21(18-26)8-6-5-7-9-21/h19H,4-18H2,1-3H3,(H,22,23). The number of nitrogens with zero attached hydrogens (tertiary/aromatic N) is 4. The van der Waals surface area contributed by atoms with Gasteiger partial charge in [-0.1, -0.05) is 33.1 Å². The first-order valence-corrected chi connectivity index (χ1v) is 11.0. The molecule has 3 rings (SSSR count). The van der Waals surface area contributed by atoms with Gasteiger partial charge in [-0.25, -0.2) is 0 Å². The summed E-state index contributed by atoms with van der Waals surface area (Å²) in [5.41, 5.74) is 0.598. The first-order valence-electron chi connectivity index (χ1n) is 11.0. The lowest BCUT2D eigenvalue weighted by Gasteiger charge is -2.35. The van der Waals surface area contributed by atoms with E-state index in [1.165, 1.54) is 90.9 Å². The van der Waals surface area contributed by atoms with Gasteiger partial charge in [0.25, 0.3) is 0 Å². The fourth-order valence-corrected chi connectivity index (χ4v) is 5.22. The summed E-state index contributed by atoms with van der Waals surface area (Å²) in [6.07, 6.45) is 8.54. The Morgan fingerprint density at radius 1 is 1.00 bits per heavy atom. The van der Waals surface area contributed by atoms with Gasteiger partial charge in [-0.3, -0.25) is 4.99 Å². The van der Waals surface area contributed by atoms with E-state index in [2.05, 4.69) is 38.9 Å². The van der Waals surface area contributed by atoms with Gasteiger partial charge in [0.1, 0.15) is 0 Å². The minimum Gasteiger partial charge on any atom is -0.356 e. The van der Waals surface area contributed by atoms with Gasteiger partial charge in [0, 0.05) is 59.4 Å². The van der Waals surface area contributed by atoms with E-state index in [4.69, 9.17) is 0 Å². The van der Waals surface area contributed by atoms with E-state index in [1.807, 2.05) is 7.05 Å². The molecule has 0 bridgehead atoms. The third-order valence-corrected chi connectivity index (χ3v) is 6.95. The van der Waals surface area contributed by atoms with Gasteiger partial charge < -0.3 is 20.0 Å². The molecule has 1 atom stereocenters. The number of piperazine rings is 1. The van der Waals surface area contributed by atoms with E-state index in [-0.39, 0.29) is 0 Å². The van der Waals surface area contributed by atoms with E-state index in [0.29, 0.717) is 11.3 Å². The molecule has 1 N–H and O–H groups in total. The van der Waals surface area contributed by atoms with Crippen molar-refractivity contribution in [1.82, 2.24) is 20.0 Å². The van der Waals surface area contributed by atoms with Crippen LogP contribution in [-0.2, 0) is 0 Å². The number of rotatable bonds is 5. The molecule has 5 heteroatoms. The largest absolute Gasteiger partial charge is 0.356 e. The quantitative estimate of drug-likeness (QED) is 0.601. The number of likely N-dealkylation sites (N-methyl/N-ethyl adjacent to an activating group) is 1. The van der Waals surface area contributed by atoms with Crippen LogP contribution in [-0.4, -0.2) is 86.6 Å². The third-order valence-electron chi connectivity index (χ3n) is 6.95. The molecular formula is C21H41N5. The van der Waals surface area contributed by atoms with Crippen LogP contribution in [0.15, 0.2) is 4.99 Å². The van der Waals surface area contributed by atoms with E-state index < -0.39 is 0 Å². The summed E-state index contributed by atoms with van der Waals surface area (Å²) >= 11 is 0. The Labute approximate surface area is 161 Å². The van der Waals surface area contributed by atoms with Crippen LogP contribution in [0.3, 0.4) is 0 Å². The number of nitrogens with one attached hydrogen (secondary N) is 1. The predicted octanol–water partition coefficient (Wildman–Crippen LogP) is 2.49. The summed E-state index contributed by atoms with van der Waals surface area (Å²) in [4.78, 5) is 12.3. The number of likely N-dealkylation sites (tertiary alicyclic amines) is 1. The molecule has 1 spiro atoms. The predicted molar refractivity (Wildman–Crippen MR) is 111 cm³/mol. The molecule has 1 aliphatic carbocycles. The number of hydrogen-bond acceptors (Lipinski definition) is 3. The third kappa shape index (κ3) is 5.13. The average molecular weight is 364 g/mol. The molecule has 3 fully saturated rings. The molecule has 2 saturated heterocycles. The van der Waals surface area contributed by atoms with Crippen molar-refractivity contribution in [3.8, 4) is 0 Å². The zero-order valence-corrected chi connectivity index (χ0v) is 17.5. The fraction of sp³-hybridized carbons (Fsp3) is 0.952. The molecule has 3 aliphatic rings. The molecule has 0 radical (unpaired) electrons. The summed E-state index contributed by atoms with van der Waals surface area (Å²) in [7, 11) is 1.95. The molecule has 0 amide bonds. The molecule has 1 unspecified atom stereocenters. The topological polar surface area (TPSA) is 34.1 Å². The second-order valence-corrected chi connectivity index (χ2v) is 9.00. The summed E-state index contributed by atoms with van der Waals surface area (Å²) in [6.45, 7) is 15.4. The maximum absolute atomic E-state index is 4.60. The zero-order chi connectivity index (χ0) is 18.4. The van der Waals surface area contributed by atoms with Crippen molar-refractivity contribution in [2.45, 2.75) is 52.4 Å². The van der Waals surface area contributed by atoms with Crippen molar-refractivity contribution in [3.05, 3.63) is 0 Å². The second-order valence-electron chi connectivity index (χ2n) is 9.00. The maximum Gasteiger partial charge on any atom is 0.193 e. The minimum absolute atomic E-state index is 0.598. The molecule has 0 aromatic rings. The van der Waals surface area contributed by atoms with Crippen molar-refractivity contribution < 1.29 is 0 Å².